The van der Waals surface area contributed by atoms with Gasteiger partial charge in [-0.3, -0.25) is 4.98 Å². The summed E-state index contributed by atoms with van der Waals surface area (Å²) in [5, 5.41) is 11.2. The number of aliphatic hydroxyl groups excluding tert-OH is 1. The third-order valence-electron chi connectivity index (χ3n) is 4.39. The molecule has 26 heavy (non-hydrogen) atoms. The van der Waals surface area contributed by atoms with E-state index in [1.54, 1.807) is 54.9 Å². The Morgan fingerprint density at radius 1 is 1.19 bits per heavy atom. The molecular weight excluding hydrogens is 352 g/mol. The highest BCUT2D eigenvalue weighted by Crippen LogP contribution is 2.31. The molecule has 7 heteroatoms. The number of hydrogen-bond acceptors (Lipinski definition) is 5. The van der Waals surface area contributed by atoms with Crippen LogP contribution in [0.5, 0.6) is 5.75 Å². The number of pyridine rings is 1. The summed E-state index contributed by atoms with van der Waals surface area (Å²) >= 11 is 0. The van der Waals surface area contributed by atoms with E-state index in [-0.39, 0.29) is 11.5 Å². The Hall–Kier alpha value is -2.48. The van der Waals surface area contributed by atoms with Crippen LogP contribution in [0.3, 0.4) is 0 Å². The summed E-state index contributed by atoms with van der Waals surface area (Å²) in [6, 6.07) is 13.0. The molecule has 0 fully saturated rings. The molecule has 0 aliphatic heterocycles. The monoisotopic (exact) mass is 372 g/mol. The van der Waals surface area contributed by atoms with Crippen LogP contribution >= 0.6 is 0 Å². The van der Waals surface area contributed by atoms with Gasteiger partial charge in [0.2, 0.25) is 10.0 Å². The van der Waals surface area contributed by atoms with Crippen molar-refractivity contribution in [2.24, 2.45) is 0 Å². The van der Waals surface area contributed by atoms with E-state index in [0.717, 1.165) is 5.39 Å². The summed E-state index contributed by atoms with van der Waals surface area (Å²) in [5.41, 5.74) is 0.653. The number of fused-ring (bicyclic) bond motifs is 1. The Kier molecular flexibility index (Phi) is 5.22. The number of nitrogens with zero attached hydrogens (tertiary/aromatic N) is 2. The molecule has 0 saturated carbocycles. The maximum Gasteiger partial charge on any atom is 0.244 e. The van der Waals surface area contributed by atoms with Gasteiger partial charge in [-0.2, -0.15) is 4.31 Å². The number of benzene rings is 2. The third kappa shape index (κ3) is 3.29. The predicted octanol–water partition coefficient (Wildman–Crippen LogP) is 2.60. The molecule has 1 heterocycles. The van der Waals surface area contributed by atoms with E-state index in [4.69, 9.17) is 4.74 Å². The number of sulfonamides is 1. The van der Waals surface area contributed by atoms with Gasteiger partial charge in [-0.05, 0) is 29.8 Å². The second kappa shape index (κ2) is 7.41. The van der Waals surface area contributed by atoms with E-state index in [2.05, 4.69) is 4.98 Å². The van der Waals surface area contributed by atoms with Crippen LogP contribution in [0.25, 0.3) is 10.8 Å². The summed E-state index contributed by atoms with van der Waals surface area (Å²) in [5.74, 6) is 0.600. The average Bonchev–Trinajstić information content (AvgIpc) is 2.68. The largest absolute Gasteiger partial charge is 0.497 e. The molecule has 1 atom stereocenters. The molecule has 6 nitrogen and oxygen atoms in total. The van der Waals surface area contributed by atoms with Gasteiger partial charge >= 0.3 is 0 Å². The summed E-state index contributed by atoms with van der Waals surface area (Å²) in [7, 11) is -0.833. The van der Waals surface area contributed by atoms with Crippen molar-refractivity contribution in [3.05, 3.63) is 66.5 Å². The Bertz CT molecular complexity index is 1020. The molecule has 1 N–H and O–H groups in total. The van der Waals surface area contributed by atoms with Gasteiger partial charge < -0.3 is 9.84 Å². The van der Waals surface area contributed by atoms with Crippen molar-refractivity contribution in [2.45, 2.75) is 10.9 Å². The molecule has 136 valence electrons. The first-order valence-corrected chi connectivity index (χ1v) is 9.48. The Morgan fingerprint density at radius 2 is 1.96 bits per heavy atom. The topological polar surface area (TPSA) is 79.7 Å². The van der Waals surface area contributed by atoms with E-state index in [1.807, 2.05) is 6.07 Å². The van der Waals surface area contributed by atoms with Gasteiger partial charge in [0.1, 0.15) is 5.75 Å². The van der Waals surface area contributed by atoms with Crippen LogP contribution in [0, 0.1) is 0 Å². The van der Waals surface area contributed by atoms with Crippen molar-refractivity contribution in [3.63, 3.8) is 0 Å². The first-order chi connectivity index (χ1) is 12.5. The maximum atomic E-state index is 13.2. The first-order valence-electron chi connectivity index (χ1n) is 8.04. The summed E-state index contributed by atoms with van der Waals surface area (Å²) in [4.78, 5) is 4.22. The lowest BCUT2D eigenvalue weighted by atomic mass is 10.1. The third-order valence-corrected chi connectivity index (χ3v) is 6.31. The van der Waals surface area contributed by atoms with Crippen molar-refractivity contribution in [1.29, 1.82) is 0 Å². The van der Waals surface area contributed by atoms with E-state index in [0.29, 0.717) is 16.7 Å². The molecule has 0 spiro atoms. The number of aliphatic hydroxyl groups is 1. The van der Waals surface area contributed by atoms with Crippen molar-refractivity contribution < 1.29 is 18.3 Å². The first kappa shape index (κ1) is 18.3. The zero-order chi connectivity index (χ0) is 18.7. The van der Waals surface area contributed by atoms with Crippen molar-refractivity contribution in [1.82, 2.24) is 9.29 Å². The molecule has 0 saturated heterocycles. The number of likely N-dealkylation sites (N-methyl/N-ethyl adjacent to an activating group) is 1. The molecule has 0 amide bonds. The Morgan fingerprint density at radius 3 is 2.69 bits per heavy atom. The molecule has 0 aliphatic carbocycles. The number of methoxy groups -OCH3 is 1. The van der Waals surface area contributed by atoms with Crippen LogP contribution in [0.15, 0.2) is 65.8 Å². The number of hydrogen-bond donors (Lipinski definition) is 1. The van der Waals surface area contributed by atoms with Crippen molar-refractivity contribution >= 4 is 20.8 Å². The molecule has 0 radical (unpaired) electrons. The van der Waals surface area contributed by atoms with Gasteiger partial charge in [-0.15, -0.1) is 0 Å². The normalized spacial score (nSPS) is 13.1. The fourth-order valence-electron chi connectivity index (χ4n) is 2.92. The lowest BCUT2D eigenvalue weighted by Gasteiger charge is -2.27. The van der Waals surface area contributed by atoms with Crippen LogP contribution in [0.4, 0.5) is 0 Å². The van der Waals surface area contributed by atoms with Gasteiger partial charge in [0.05, 0.1) is 24.7 Å². The Balaban J connectivity index is 2.07. The van der Waals surface area contributed by atoms with Gasteiger partial charge in [0, 0.05) is 30.2 Å². The lowest BCUT2D eigenvalue weighted by molar-refractivity contribution is 0.204. The molecule has 0 aliphatic rings. The number of ether oxygens (including phenoxy) is 1. The van der Waals surface area contributed by atoms with E-state index < -0.39 is 16.1 Å². The van der Waals surface area contributed by atoms with Crippen LogP contribution in [0.1, 0.15) is 11.6 Å². The average molecular weight is 372 g/mol. The quantitative estimate of drug-likeness (QED) is 0.719. The SMILES string of the molecule is COc1cccc(C(CO)N(C)S(=O)(=O)c2cccc3cnccc23)c1. The number of aromatic nitrogens is 1. The van der Waals surface area contributed by atoms with Crippen molar-refractivity contribution in [3.8, 4) is 5.75 Å². The van der Waals surface area contributed by atoms with Crippen LogP contribution in [0.2, 0.25) is 0 Å². The molecular formula is C19H20N2O4S. The highest BCUT2D eigenvalue weighted by atomic mass is 32.2. The Labute approximate surface area is 152 Å². The highest BCUT2D eigenvalue weighted by Gasteiger charge is 2.30. The van der Waals surface area contributed by atoms with E-state index in [1.165, 1.54) is 18.5 Å². The van der Waals surface area contributed by atoms with Gasteiger partial charge in [-0.1, -0.05) is 24.3 Å². The minimum absolute atomic E-state index is 0.182. The van der Waals surface area contributed by atoms with Crippen LogP contribution in [-0.2, 0) is 10.0 Å². The standard InChI is InChI=1S/C19H20N2O4S/c1-21(18(13-22)14-5-3-7-16(11-14)25-2)26(23,24)19-8-4-6-15-12-20-10-9-17(15)19/h3-12,18,22H,13H2,1-2H3. The van der Waals surface area contributed by atoms with E-state index >= 15 is 0 Å². The van der Waals surface area contributed by atoms with Crippen molar-refractivity contribution in [2.75, 3.05) is 20.8 Å². The smallest absolute Gasteiger partial charge is 0.244 e. The van der Waals surface area contributed by atoms with Gasteiger partial charge in [0.15, 0.2) is 0 Å². The summed E-state index contributed by atoms with van der Waals surface area (Å²) in [6.45, 7) is -0.352. The molecule has 0 bridgehead atoms. The van der Waals surface area contributed by atoms with Crippen LogP contribution < -0.4 is 4.74 Å². The molecule has 2 aromatic carbocycles. The molecule has 1 unspecified atom stereocenters. The fraction of sp³-hybridized carbons (Fsp3) is 0.211. The fourth-order valence-corrected chi connectivity index (χ4v) is 4.47. The zero-order valence-corrected chi connectivity index (χ0v) is 15.3. The molecule has 3 aromatic rings. The van der Waals surface area contributed by atoms with Crippen LogP contribution in [-0.4, -0.2) is 43.6 Å². The van der Waals surface area contributed by atoms with E-state index in [9.17, 15) is 13.5 Å². The molecule has 1 aromatic heterocycles. The second-order valence-corrected chi connectivity index (χ2v) is 7.82. The maximum absolute atomic E-state index is 13.2. The minimum atomic E-state index is -3.84. The summed E-state index contributed by atoms with van der Waals surface area (Å²) in [6.07, 6.45) is 3.19. The predicted molar refractivity (Wildman–Crippen MR) is 99.5 cm³/mol. The second-order valence-electron chi connectivity index (χ2n) is 5.85. The van der Waals surface area contributed by atoms with Gasteiger partial charge in [-0.25, -0.2) is 8.42 Å². The zero-order valence-electron chi connectivity index (χ0n) is 14.5. The summed E-state index contributed by atoms with van der Waals surface area (Å²) < 4.78 is 32.9. The molecule has 3 rings (SSSR count). The number of rotatable bonds is 6. The lowest BCUT2D eigenvalue weighted by Crippen LogP contribution is -2.33. The minimum Gasteiger partial charge on any atom is -0.497 e. The highest BCUT2D eigenvalue weighted by molar-refractivity contribution is 7.89. The van der Waals surface area contributed by atoms with Gasteiger partial charge in [0.25, 0.3) is 0 Å².